The normalized spacial score (nSPS) is 18.1. The summed E-state index contributed by atoms with van der Waals surface area (Å²) in [5.74, 6) is 7.33. The molecule has 4 rings (SSSR count). The van der Waals surface area contributed by atoms with E-state index in [9.17, 15) is 13.2 Å². The number of aryl methyl sites for hydroxylation is 1. The summed E-state index contributed by atoms with van der Waals surface area (Å²) in [4.78, 5) is 4.24. The first-order valence-corrected chi connectivity index (χ1v) is 10.8. The van der Waals surface area contributed by atoms with Gasteiger partial charge in [0, 0.05) is 18.0 Å². The Bertz CT molecular complexity index is 1200. The fourth-order valence-corrected chi connectivity index (χ4v) is 4.19. The van der Waals surface area contributed by atoms with Crippen molar-refractivity contribution in [3.8, 4) is 11.4 Å². The highest BCUT2D eigenvalue weighted by atomic mass is 19.4. The van der Waals surface area contributed by atoms with Gasteiger partial charge in [-0.25, -0.2) is 10.8 Å². The summed E-state index contributed by atoms with van der Waals surface area (Å²) in [6.07, 6.45) is 1.16. The third-order valence-corrected chi connectivity index (χ3v) is 5.90. The number of nitrogens with one attached hydrogen (secondary N) is 1. The van der Waals surface area contributed by atoms with Crippen molar-refractivity contribution in [3.63, 3.8) is 0 Å². The summed E-state index contributed by atoms with van der Waals surface area (Å²) < 4.78 is 46.9. The Labute approximate surface area is 195 Å². The summed E-state index contributed by atoms with van der Waals surface area (Å²) in [5.41, 5.74) is 9.21. The van der Waals surface area contributed by atoms with Gasteiger partial charge in [0.15, 0.2) is 0 Å². The smallest absolute Gasteiger partial charge is 0.416 e. The number of alkyl halides is 3. The minimum atomic E-state index is -4.41. The molecule has 0 radical (unpaired) electrons. The van der Waals surface area contributed by atoms with E-state index in [1.54, 1.807) is 19.5 Å². The van der Waals surface area contributed by atoms with E-state index in [1.165, 1.54) is 11.1 Å². The van der Waals surface area contributed by atoms with Gasteiger partial charge in [-0.05, 0) is 56.0 Å². The molecule has 0 amide bonds. The monoisotopic (exact) mass is 472 g/mol. The highest BCUT2D eigenvalue weighted by Crippen LogP contribution is 2.37. The highest BCUT2D eigenvalue weighted by Gasteiger charge is 2.32. The molecule has 3 aromatic rings. The molecule has 5 N–H and O–H groups in total. The number of methoxy groups -OCH3 is 1. The molecular formula is C24H27F3N6O. The van der Waals surface area contributed by atoms with Crippen molar-refractivity contribution in [2.45, 2.75) is 38.4 Å². The number of halogens is 3. The molecule has 2 heterocycles. The molecule has 7 nitrogen and oxygen atoms in total. The summed E-state index contributed by atoms with van der Waals surface area (Å²) in [6.45, 7) is 1.90. The van der Waals surface area contributed by atoms with Crippen LogP contribution in [-0.4, -0.2) is 21.7 Å². The zero-order valence-electron chi connectivity index (χ0n) is 18.9. The zero-order valence-corrected chi connectivity index (χ0v) is 18.9. The lowest BCUT2D eigenvalue weighted by molar-refractivity contribution is -0.137. The van der Waals surface area contributed by atoms with Crippen LogP contribution in [0.5, 0.6) is 5.75 Å². The molecule has 1 aliphatic rings. The van der Waals surface area contributed by atoms with Crippen molar-refractivity contribution in [1.29, 1.82) is 0 Å². The maximum atomic E-state index is 13.2. The molecule has 180 valence electrons. The molecule has 2 aromatic carbocycles. The number of nitrogens with zero attached hydrogens (tertiary/aromatic N) is 3. The van der Waals surface area contributed by atoms with Crippen LogP contribution in [0.4, 0.5) is 18.9 Å². The van der Waals surface area contributed by atoms with E-state index in [0.29, 0.717) is 41.4 Å². The average molecular weight is 473 g/mol. The Morgan fingerprint density at radius 1 is 1.21 bits per heavy atom. The van der Waals surface area contributed by atoms with Gasteiger partial charge in [-0.1, -0.05) is 12.1 Å². The second-order valence-corrected chi connectivity index (χ2v) is 8.23. The SMILES string of the molecule is COc1cc(N/C(N)=C2\CCCC(c3cccc(C(F)(F)F)c3)N2N)ccc1-n1cnc(C)c1. The topological polar surface area (TPSA) is 94.4 Å². The fraction of sp³-hybridized carbons (Fsp3) is 0.292. The number of hydrogen-bond donors (Lipinski definition) is 3. The van der Waals surface area contributed by atoms with Crippen LogP contribution >= 0.6 is 0 Å². The van der Waals surface area contributed by atoms with E-state index >= 15 is 0 Å². The third-order valence-electron chi connectivity index (χ3n) is 5.90. The largest absolute Gasteiger partial charge is 0.494 e. The van der Waals surface area contributed by atoms with E-state index in [1.807, 2.05) is 35.9 Å². The quantitative estimate of drug-likeness (QED) is 0.460. The first kappa shape index (κ1) is 23.5. The van der Waals surface area contributed by atoms with E-state index in [2.05, 4.69) is 10.3 Å². The van der Waals surface area contributed by atoms with Crippen molar-refractivity contribution in [2.24, 2.45) is 11.6 Å². The minimum Gasteiger partial charge on any atom is -0.494 e. The van der Waals surface area contributed by atoms with Gasteiger partial charge >= 0.3 is 6.18 Å². The van der Waals surface area contributed by atoms with Crippen LogP contribution in [-0.2, 0) is 6.18 Å². The zero-order chi connectivity index (χ0) is 24.5. The van der Waals surface area contributed by atoms with Gasteiger partial charge in [0.25, 0.3) is 0 Å². The second-order valence-electron chi connectivity index (χ2n) is 8.23. The Kier molecular flexibility index (Phi) is 6.43. The maximum absolute atomic E-state index is 13.2. The molecule has 0 bridgehead atoms. The highest BCUT2D eigenvalue weighted by molar-refractivity contribution is 5.60. The van der Waals surface area contributed by atoms with Gasteiger partial charge in [-0.3, -0.25) is 0 Å². The van der Waals surface area contributed by atoms with Gasteiger partial charge < -0.3 is 25.4 Å². The molecule has 1 fully saturated rings. The average Bonchev–Trinajstić information content (AvgIpc) is 3.24. The number of ether oxygens (including phenoxy) is 1. The van der Waals surface area contributed by atoms with Crippen LogP contribution in [0, 0.1) is 6.92 Å². The minimum absolute atomic E-state index is 0.340. The molecule has 1 unspecified atom stereocenters. The van der Waals surface area contributed by atoms with Crippen LogP contribution in [0.15, 0.2) is 66.5 Å². The molecule has 1 aromatic heterocycles. The van der Waals surface area contributed by atoms with Gasteiger partial charge in [0.1, 0.15) is 11.6 Å². The van der Waals surface area contributed by atoms with Crippen molar-refractivity contribution >= 4 is 5.69 Å². The van der Waals surface area contributed by atoms with E-state index in [-0.39, 0.29) is 0 Å². The summed E-state index contributed by atoms with van der Waals surface area (Å²) >= 11 is 0. The first-order valence-electron chi connectivity index (χ1n) is 10.8. The molecule has 0 aliphatic carbocycles. The van der Waals surface area contributed by atoms with Crippen molar-refractivity contribution in [2.75, 3.05) is 12.4 Å². The fourth-order valence-electron chi connectivity index (χ4n) is 4.19. The molecule has 1 aliphatic heterocycles. The number of hydrazine groups is 1. The van der Waals surface area contributed by atoms with Gasteiger partial charge in [-0.2, -0.15) is 13.2 Å². The number of imidazole rings is 1. The standard InChI is InChI=1S/C24H27F3N6O/c1-15-13-32(14-30-15)20-10-9-18(12-22(20)34-2)31-23(28)21-8-4-7-19(33(21)29)16-5-3-6-17(11-16)24(25,26)27/h3,5-6,9-14,19,31H,4,7-8,28-29H2,1-2H3/b23-21+. The molecule has 0 spiro atoms. The van der Waals surface area contributed by atoms with Crippen molar-refractivity contribution < 1.29 is 17.9 Å². The predicted octanol–water partition coefficient (Wildman–Crippen LogP) is 4.85. The predicted molar refractivity (Wildman–Crippen MR) is 124 cm³/mol. The van der Waals surface area contributed by atoms with Crippen LogP contribution < -0.4 is 21.6 Å². The maximum Gasteiger partial charge on any atom is 0.416 e. The first-order chi connectivity index (χ1) is 16.2. The molecule has 1 saturated heterocycles. The molecular weight excluding hydrogens is 445 g/mol. The number of nitrogens with two attached hydrogens (primary N) is 2. The number of rotatable bonds is 5. The Morgan fingerprint density at radius 3 is 2.68 bits per heavy atom. The van der Waals surface area contributed by atoms with E-state index < -0.39 is 17.8 Å². The number of anilines is 1. The Hall–Kier alpha value is -3.66. The van der Waals surface area contributed by atoms with Crippen molar-refractivity contribution in [3.05, 3.63) is 83.3 Å². The van der Waals surface area contributed by atoms with Gasteiger partial charge in [0.05, 0.1) is 42.1 Å². The summed E-state index contributed by atoms with van der Waals surface area (Å²) in [5, 5.41) is 4.63. The van der Waals surface area contributed by atoms with Crippen molar-refractivity contribution in [1.82, 2.24) is 14.6 Å². The van der Waals surface area contributed by atoms with Crippen LogP contribution in [0.25, 0.3) is 5.69 Å². The Morgan fingerprint density at radius 2 is 2.00 bits per heavy atom. The molecule has 1 atom stereocenters. The summed E-state index contributed by atoms with van der Waals surface area (Å²) in [6, 6.07) is 10.4. The van der Waals surface area contributed by atoms with E-state index in [4.69, 9.17) is 16.3 Å². The number of benzene rings is 2. The number of piperidine rings is 1. The second kappa shape index (κ2) is 9.30. The molecule has 34 heavy (non-hydrogen) atoms. The third kappa shape index (κ3) is 4.81. The number of hydrogen-bond acceptors (Lipinski definition) is 6. The lowest BCUT2D eigenvalue weighted by atomic mass is 9.93. The van der Waals surface area contributed by atoms with Gasteiger partial charge in [0.2, 0.25) is 0 Å². The number of allylic oxidation sites excluding steroid dienone is 1. The molecule has 0 saturated carbocycles. The van der Waals surface area contributed by atoms with Gasteiger partial charge in [-0.15, -0.1) is 0 Å². The molecule has 10 heteroatoms. The lowest BCUT2D eigenvalue weighted by Gasteiger charge is -2.37. The number of aromatic nitrogens is 2. The van der Waals surface area contributed by atoms with Crippen LogP contribution in [0.1, 0.15) is 42.1 Å². The van der Waals surface area contributed by atoms with Crippen LogP contribution in [0.3, 0.4) is 0 Å². The Balaban J connectivity index is 1.58. The lowest BCUT2D eigenvalue weighted by Crippen LogP contribution is -2.40. The van der Waals surface area contributed by atoms with E-state index in [0.717, 1.165) is 29.9 Å². The van der Waals surface area contributed by atoms with Crippen LogP contribution in [0.2, 0.25) is 0 Å². The summed E-state index contributed by atoms with van der Waals surface area (Å²) in [7, 11) is 1.58.